The highest BCUT2D eigenvalue weighted by Crippen LogP contribution is 2.17. The number of hydrogen-bond acceptors (Lipinski definition) is 3. The lowest BCUT2D eigenvalue weighted by Crippen LogP contribution is -2.52. The largest absolute Gasteiger partial charge is 0.368 e. The summed E-state index contributed by atoms with van der Waals surface area (Å²) in [6.45, 7) is 7.60. The van der Waals surface area contributed by atoms with E-state index in [1.807, 2.05) is 29.2 Å². The Labute approximate surface area is 138 Å². The smallest absolute Gasteiger partial charge is 0.317 e. The van der Waals surface area contributed by atoms with Crippen LogP contribution in [0.3, 0.4) is 0 Å². The van der Waals surface area contributed by atoms with E-state index in [2.05, 4.69) is 17.1 Å². The topological polar surface area (TPSA) is 52.7 Å². The van der Waals surface area contributed by atoms with Gasteiger partial charge in [-0.25, -0.2) is 4.79 Å². The molecule has 126 valence electrons. The van der Waals surface area contributed by atoms with Crippen molar-refractivity contribution in [3.63, 3.8) is 0 Å². The molecule has 5 heteroatoms. The van der Waals surface area contributed by atoms with E-state index in [-0.39, 0.29) is 11.8 Å². The number of rotatable bonds is 6. The molecule has 1 aliphatic heterocycles. The predicted octanol–water partition coefficient (Wildman–Crippen LogP) is 2.91. The number of anilines is 1. The van der Waals surface area contributed by atoms with E-state index in [1.165, 1.54) is 0 Å². The van der Waals surface area contributed by atoms with Gasteiger partial charge in [-0.05, 0) is 37.6 Å². The maximum Gasteiger partial charge on any atom is 0.317 e. The predicted molar refractivity (Wildman–Crippen MR) is 93.2 cm³/mol. The van der Waals surface area contributed by atoms with E-state index < -0.39 is 0 Å². The second kappa shape index (κ2) is 8.56. The number of unbranched alkanes of at least 4 members (excludes halogenated alkanes) is 2. The lowest BCUT2D eigenvalue weighted by molar-refractivity contribution is 0.101. The van der Waals surface area contributed by atoms with Gasteiger partial charge >= 0.3 is 6.03 Å². The van der Waals surface area contributed by atoms with Gasteiger partial charge in [0.1, 0.15) is 0 Å². The van der Waals surface area contributed by atoms with Crippen LogP contribution in [0.15, 0.2) is 24.3 Å². The Morgan fingerprint density at radius 1 is 1.04 bits per heavy atom. The number of benzene rings is 1. The molecule has 1 aromatic rings. The number of Topliss-reactive ketones (excluding diaryl/α,β-unsaturated/α-hetero) is 1. The van der Waals surface area contributed by atoms with Crippen LogP contribution < -0.4 is 10.2 Å². The van der Waals surface area contributed by atoms with Crippen molar-refractivity contribution in [2.75, 3.05) is 37.6 Å². The zero-order valence-corrected chi connectivity index (χ0v) is 14.2. The summed E-state index contributed by atoms with van der Waals surface area (Å²) in [7, 11) is 0. The molecule has 1 aromatic carbocycles. The van der Waals surface area contributed by atoms with E-state index in [1.54, 1.807) is 6.92 Å². The van der Waals surface area contributed by atoms with E-state index >= 15 is 0 Å². The Bertz CT molecular complexity index is 520. The normalized spacial score (nSPS) is 14.7. The fourth-order valence-electron chi connectivity index (χ4n) is 2.76. The fraction of sp³-hybridized carbons (Fsp3) is 0.556. The van der Waals surface area contributed by atoms with Crippen molar-refractivity contribution in [1.29, 1.82) is 0 Å². The molecule has 1 N–H and O–H groups in total. The van der Waals surface area contributed by atoms with Gasteiger partial charge in [-0.3, -0.25) is 4.79 Å². The summed E-state index contributed by atoms with van der Waals surface area (Å²) in [5, 5.41) is 2.99. The van der Waals surface area contributed by atoms with Crippen molar-refractivity contribution in [1.82, 2.24) is 10.2 Å². The van der Waals surface area contributed by atoms with Crippen LogP contribution in [0.2, 0.25) is 0 Å². The molecule has 0 atom stereocenters. The Kier molecular flexibility index (Phi) is 6.44. The Morgan fingerprint density at radius 3 is 2.26 bits per heavy atom. The Morgan fingerprint density at radius 2 is 1.70 bits per heavy atom. The third-order valence-electron chi connectivity index (χ3n) is 4.26. The van der Waals surface area contributed by atoms with Crippen molar-refractivity contribution in [2.45, 2.75) is 33.1 Å². The minimum absolute atomic E-state index is 0.0488. The van der Waals surface area contributed by atoms with Crippen LogP contribution in [-0.2, 0) is 0 Å². The molecule has 1 heterocycles. The number of nitrogens with one attached hydrogen (secondary N) is 1. The molecule has 2 amide bonds. The quantitative estimate of drug-likeness (QED) is 0.648. The lowest BCUT2D eigenvalue weighted by atomic mass is 10.1. The summed E-state index contributed by atoms with van der Waals surface area (Å²) >= 11 is 0. The zero-order valence-electron chi connectivity index (χ0n) is 14.2. The van der Waals surface area contributed by atoms with Gasteiger partial charge in [0, 0.05) is 44.0 Å². The SMILES string of the molecule is CCCCCNC(=O)N1CCN(c2ccc(C(C)=O)cc2)CC1. The average molecular weight is 317 g/mol. The summed E-state index contributed by atoms with van der Waals surface area (Å²) in [6, 6.07) is 7.75. The number of carbonyl (C=O) groups is 2. The van der Waals surface area contributed by atoms with E-state index in [0.717, 1.165) is 63.2 Å². The summed E-state index contributed by atoms with van der Waals surface area (Å²) < 4.78 is 0. The summed E-state index contributed by atoms with van der Waals surface area (Å²) in [4.78, 5) is 27.5. The van der Waals surface area contributed by atoms with Gasteiger partial charge < -0.3 is 15.1 Å². The number of carbonyl (C=O) groups excluding carboxylic acids is 2. The van der Waals surface area contributed by atoms with Crippen LogP contribution in [0.25, 0.3) is 0 Å². The standard InChI is InChI=1S/C18H27N3O2/c1-3-4-5-10-19-18(23)21-13-11-20(12-14-21)17-8-6-16(7-9-17)15(2)22/h6-9H,3-5,10-14H2,1-2H3,(H,19,23). The van der Waals surface area contributed by atoms with Crippen molar-refractivity contribution in [3.05, 3.63) is 29.8 Å². The molecule has 2 rings (SSSR count). The number of piperazine rings is 1. The van der Waals surface area contributed by atoms with Crippen molar-refractivity contribution in [3.8, 4) is 0 Å². The molecule has 0 bridgehead atoms. The first-order valence-corrected chi connectivity index (χ1v) is 8.50. The second-order valence-electron chi connectivity index (χ2n) is 6.02. The molecule has 0 unspecified atom stereocenters. The van der Waals surface area contributed by atoms with Crippen LogP contribution in [0.1, 0.15) is 43.5 Å². The molecule has 0 saturated carbocycles. The monoisotopic (exact) mass is 317 g/mol. The number of ketones is 1. The summed E-state index contributed by atoms with van der Waals surface area (Å²) in [5.74, 6) is 0.0844. The Hall–Kier alpha value is -2.04. The van der Waals surface area contributed by atoms with Crippen LogP contribution >= 0.6 is 0 Å². The summed E-state index contributed by atoms with van der Waals surface area (Å²) in [6.07, 6.45) is 3.37. The first kappa shape index (κ1) is 17.3. The van der Waals surface area contributed by atoms with E-state index in [9.17, 15) is 9.59 Å². The molecule has 0 aliphatic carbocycles. The molecule has 5 nitrogen and oxygen atoms in total. The zero-order chi connectivity index (χ0) is 16.7. The summed E-state index contributed by atoms with van der Waals surface area (Å²) in [5.41, 5.74) is 1.84. The van der Waals surface area contributed by atoms with Crippen LogP contribution in [0, 0.1) is 0 Å². The van der Waals surface area contributed by atoms with E-state index in [0.29, 0.717) is 0 Å². The molecule has 0 spiro atoms. The van der Waals surface area contributed by atoms with Gasteiger partial charge in [-0.15, -0.1) is 0 Å². The maximum absolute atomic E-state index is 12.1. The first-order valence-electron chi connectivity index (χ1n) is 8.50. The highest BCUT2D eigenvalue weighted by Gasteiger charge is 2.20. The van der Waals surface area contributed by atoms with Gasteiger partial charge in [-0.2, -0.15) is 0 Å². The number of nitrogens with zero attached hydrogens (tertiary/aromatic N) is 2. The molecule has 23 heavy (non-hydrogen) atoms. The van der Waals surface area contributed by atoms with Crippen LogP contribution in [0.4, 0.5) is 10.5 Å². The number of hydrogen-bond donors (Lipinski definition) is 1. The maximum atomic E-state index is 12.1. The second-order valence-corrected chi connectivity index (χ2v) is 6.02. The van der Waals surface area contributed by atoms with Gasteiger partial charge in [0.05, 0.1) is 0 Å². The first-order chi connectivity index (χ1) is 11.1. The molecular formula is C18H27N3O2. The molecule has 0 radical (unpaired) electrons. The fourth-order valence-corrected chi connectivity index (χ4v) is 2.76. The van der Waals surface area contributed by atoms with Crippen molar-refractivity contribution in [2.24, 2.45) is 0 Å². The Balaban J connectivity index is 1.79. The number of amides is 2. The molecular weight excluding hydrogens is 290 g/mol. The number of urea groups is 1. The average Bonchev–Trinajstić information content (AvgIpc) is 2.59. The molecule has 1 aliphatic rings. The molecule has 1 fully saturated rings. The van der Waals surface area contributed by atoms with Crippen molar-refractivity contribution < 1.29 is 9.59 Å². The third-order valence-corrected chi connectivity index (χ3v) is 4.26. The van der Waals surface area contributed by atoms with Gasteiger partial charge in [-0.1, -0.05) is 19.8 Å². The van der Waals surface area contributed by atoms with Crippen LogP contribution in [0.5, 0.6) is 0 Å². The highest BCUT2D eigenvalue weighted by atomic mass is 16.2. The van der Waals surface area contributed by atoms with Crippen molar-refractivity contribution >= 4 is 17.5 Å². The molecule has 1 saturated heterocycles. The minimum Gasteiger partial charge on any atom is -0.368 e. The van der Waals surface area contributed by atoms with Gasteiger partial charge in [0.25, 0.3) is 0 Å². The third kappa shape index (κ3) is 4.98. The minimum atomic E-state index is 0.0488. The molecule has 0 aromatic heterocycles. The van der Waals surface area contributed by atoms with E-state index in [4.69, 9.17) is 0 Å². The van der Waals surface area contributed by atoms with Gasteiger partial charge in [0.2, 0.25) is 0 Å². The lowest BCUT2D eigenvalue weighted by Gasteiger charge is -2.36. The van der Waals surface area contributed by atoms with Gasteiger partial charge in [0.15, 0.2) is 5.78 Å². The highest BCUT2D eigenvalue weighted by molar-refractivity contribution is 5.94. The van der Waals surface area contributed by atoms with Crippen LogP contribution in [-0.4, -0.2) is 49.4 Å².